The van der Waals surface area contributed by atoms with E-state index in [1.807, 2.05) is 68.5 Å². The summed E-state index contributed by atoms with van der Waals surface area (Å²) in [6.07, 6.45) is 4.79. The molecular formula is C19H17N3O. The Bertz CT molecular complexity index is 850. The summed E-state index contributed by atoms with van der Waals surface area (Å²) < 4.78 is 1.51. The third-order valence-corrected chi connectivity index (χ3v) is 3.63. The van der Waals surface area contributed by atoms with Gasteiger partial charge in [-0.25, -0.2) is 9.67 Å². The van der Waals surface area contributed by atoms with E-state index in [9.17, 15) is 4.79 Å². The lowest BCUT2D eigenvalue weighted by Gasteiger charge is -2.10. The van der Waals surface area contributed by atoms with E-state index < -0.39 is 0 Å². The quantitative estimate of drug-likeness (QED) is 0.544. The Morgan fingerprint density at radius 3 is 2.52 bits per heavy atom. The van der Waals surface area contributed by atoms with Crippen molar-refractivity contribution in [2.45, 2.75) is 13.8 Å². The fraction of sp³-hybridized carbons (Fsp3) is 0.105. The first kappa shape index (κ1) is 14.9. The first-order valence-corrected chi connectivity index (χ1v) is 7.39. The molecule has 0 spiro atoms. The number of carbonyl (C=O) groups is 1. The van der Waals surface area contributed by atoms with Crippen LogP contribution in [0.1, 0.15) is 27.0 Å². The molecule has 3 rings (SSSR count). The number of hydrogen-bond acceptors (Lipinski definition) is 3. The van der Waals surface area contributed by atoms with Crippen LogP contribution in [0.25, 0.3) is 11.8 Å². The minimum atomic E-state index is -0.0724. The van der Waals surface area contributed by atoms with Crippen LogP contribution in [0.15, 0.2) is 61.2 Å². The first-order valence-electron chi connectivity index (χ1n) is 7.39. The van der Waals surface area contributed by atoms with E-state index in [0.717, 1.165) is 16.7 Å². The molecule has 4 nitrogen and oxygen atoms in total. The van der Waals surface area contributed by atoms with E-state index in [2.05, 4.69) is 10.1 Å². The molecule has 1 heterocycles. The third-order valence-electron chi connectivity index (χ3n) is 3.63. The van der Waals surface area contributed by atoms with Crippen LogP contribution in [0.5, 0.6) is 0 Å². The van der Waals surface area contributed by atoms with Crippen LogP contribution in [0, 0.1) is 13.8 Å². The van der Waals surface area contributed by atoms with Gasteiger partial charge in [0, 0.05) is 5.56 Å². The number of aromatic nitrogens is 3. The summed E-state index contributed by atoms with van der Waals surface area (Å²) in [5, 5.41) is 4.12. The Hall–Kier alpha value is -3.01. The number of benzene rings is 2. The van der Waals surface area contributed by atoms with Crippen LogP contribution in [0.2, 0.25) is 0 Å². The summed E-state index contributed by atoms with van der Waals surface area (Å²) in [4.78, 5) is 17.0. The third kappa shape index (κ3) is 3.26. The van der Waals surface area contributed by atoms with Crippen molar-refractivity contribution < 1.29 is 4.79 Å². The summed E-state index contributed by atoms with van der Waals surface area (Å²) in [7, 11) is 0. The van der Waals surface area contributed by atoms with E-state index in [0.29, 0.717) is 11.3 Å². The van der Waals surface area contributed by atoms with Crippen molar-refractivity contribution in [3.63, 3.8) is 0 Å². The zero-order valence-electron chi connectivity index (χ0n) is 13.1. The Kier molecular flexibility index (Phi) is 4.15. The standard InChI is InChI=1S/C19H17N3O/c1-14-8-9-17(15(2)10-14)19(23)18(22-13-20-12-21-22)11-16-6-4-3-5-7-16/h3-13H,1-2H3/b18-11-. The van der Waals surface area contributed by atoms with Crippen LogP contribution >= 0.6 is 0 Å². The Morgan fingerprint density at radius 1 is 1.09 bits per heavy atom. The van der Waals surface area contributed by atoms with Crippen LogP contribution in [-0.4, -0.2) is 20.5 Å². The second kappa shape index (κ2) is 6.40. The fourth-order valence-electron chi connectivity index (χ4n) is 2.48. The van der Waals surface area contributed by atoms with Crippen molar-refractivity contribution in [1.29, 1.82) is 0 Å². The molecule has 0 aliphatic carbocycles. The van der Waals surface area contributed by atoms with Crippen molar-refractivity contribution in [3.8, 4) is 0 Å². The molecule has 0 aliphatic heterocycles. The second-order valence-electron chi connectivity index (χ2n) is 5.43. The highest BCUT2D eigenvalue weighted by Crippen LogP contribution is 2.20. The maximum atomic E-state index is 13.0. The zero-order chi connectivity index (χ0) is 16.2. The van der Waals surface area contributed by atoms with Gasteiger partial charge in [0.25, 0.3) is 0 Å². The second-order valence-corrected chi connectivity index (χ2v) is 5.43. The van der Waals surface area contributed by atoms with Gasteiger partial charge >= 0.3 is 0 Å². The molecule has 2 aromatic carbocycles. The van der Waals surface area contributed by atoms with Gasteiger partial charge in [-0.1, -0.05) is 54.1 Å². The monoisotopic (exact) mass is 303 g/mol. The number of allylic oxidation sites excluding steroid dienone is 1. The highest BCUT2D eigenvalue weighted by molar-refractivity contribution is 6.28. The molecule has 0 amide bonds. The van der Waals surface area contributed by atoms with E-state index in [1.165, 1.54) is 17.3 Å². The van der Waals surface area contributed by atoms with Crippen LogP contribution in [-0.2, 0) is 0 Å². The zero-order valence-corrected chi connectivity index (χ0v) is 13.1. The molecule has 114 valence electrons. The normalized spacial score (nSPS) is 11.5. The number of nitrogens with zero attached hydrogens (tertiary/aromatic N) is 3. The molecule has 23 heavy (non-hydrogen) atoms. The van der Waals surface area contributed by atoms with Gasteiger partial charge in [0.05, 0.1) is 0 Å². The SMILES string of the molecule is Cc1ccc(C(=O)/C(=C/c2ccccc2)n2cncn2)c(C)c1. The van der Waals surface area contributed by atoms with E-state index in [-0.39, 0.29) is 5.78 Å². The number of Topliss-reactive ketones (excluding diaryl/α,β-unsaturated/α-hetero) is 1. The molecule has 0 bridgehead atoms. The lowest BCUT2D eigenvalue weighted by atomic mass is 9.99. The number of ketones is 1. The average molecular weight is 303 g/mol. The molecule has 1 aromatic heterocycles. The number of aryl methyl sites for hydroxylation is 2. The molecule has 0 radical (unpaired) electrons. The summed E-state index contributed by atoms with van der Waals surface area (Å²) >= 11 is 0. The minimum absolute atomic E-state index is 0.0724. The average Bonchev–Trinajstić information content (AvgIpc) is 3.07. The lowest BCUT2D eigenvalue weighted by Crippen LogP contribution is -2.11. The molecule has 0 unspecified atom stereocenters. The molecule has 4 heteroatoms. The predicted octanol–water partition coefficient (Wildman–Crippen LogP) is 3.78. The number of carbonyl (C=O) groups excluding carboxylic acids is 1. The van der Waals surface area contributed by atoms with Crippen molar-refractivity contribution >= 4 is 17.6 Å². The van der Waals surface area contributed by atoms with E-state index >= 15 is 0 Å². The minimum Gasteiger partial charge on any atom is -0.287 e. The van der Waals surface area contributed by atoms with Gasteiger partial charge < -0.3 is 0 Å². The van der Waals surface area contributed by atoms with Gasteiger partial charge in [-0.3, -0.25) is 4.79 Å². The molecule has 0 N–H and O–H groups in total. The van der Waals surface area contributed by atoms with Crippen molar-refractivity contribution in [2.75, 3.05) is 0 Å². The predicted molar refractivity (Wildman–Crippen MR) is 90.9 cm³/mol. The highest BCUT2D eigenvalue weighted by Gasteiger charge is 2.17. The Morgan fingerprint density at radius 2 is 1.87 bits per heavy atom. The molecule has 3 aromatic rings. The van der Waals surface area contributed by atoms with Crippen LogP contribution in [0.3, 0.4) is 0 Å². The van der Waals surface area contributed by atoms with Gasteiger partial charge in [-0.15, -0.1) is 0 Å². The van der Waals surface area contributed by atoms with Gasteiger partial charge in [-0.05, 0) is 31.1 Å². The van der Waals surface area contributed by atoms with E-state index in [4.69, 9.17) is 0 Å². The fourth-order valence-corrected chi connectivity index (χ4v) is 2.48. The van der Waals surface area contributed by atoms with Gasteiger partial charge in [0.1, 0.15) is 18.4 Å². The van der Waals surface area contributed by atoms with Gasteiger partial charge in [0.15, 0.2) is 0 Å². The molecular weight excluding hydrogens is 286 g/mol. The number of hydrogen-bond donors (Lipinski definition) is 0. The number of rotatable bonds is 4. The topological polar surface area (TPSA) is 47.8 Å². The molecule has 0 fully saturated rings. The van der Waals surface area contributed by atoms with Gasteiger partial charge in [-0.2, -0.15) is 5.10 Å². The summed E-state index contributed by atoms with van der Waals surface area (Å²) in [6, 6.07) is 15.5. The molecule has 0 atom stereocenters. The largest absolute Gasteiger partial charge is 0.287 e. The summed E-state index contributed by atoms with van der Waals surface area (Å²) in [5.41, 5.74) is 4.17. The smallest absolute Gasteiger partial charge is 0.211 e. The molecule has 0 saturated carbocycles. The highest BCUT2D eigenvalue weighted by atomic mass is 16.1. The maximum absolute atomic E-state index is 13.0. The summed E-state index contributed by atoms with van der Waals surface area (Å²) in [6.45, 7) is 3.96. The molecule has 0 saturated heterocycles. The maximum Gasteiger partial charge on any atom is 0.211 e. The first-order chi connectivity index (χ1) is 11.1. The lowest BCUT2D eigenvalue weighted by molar-refractivity contribution is 0.105. The summed E-state index contributed by atoms with van der Waals surface area (Å²) in [5.74, 6) is -0.0724. The van der Waals surface area contributed by atoms with Crippen LogP contribution in [0.4, 0.5) is 0 Å². The molecule has 0 aliphatic rings. The Labute approximate surface area is 135 Å². The van der Waals surface area contributed by atoms with Crippen molar-refractivity contribution in [2.24, 2.45) is 0 Å². The van der Waals surface area contributed by atoms with Gasteiger partial charge in [0.2, 0.25) is 5.78 Å². The van der Waals surface area contributed by atoms with E-state index in [1.54, 1.807) is 0 Å². The van der Waals surface area contributed by atoms with Crippen LogP contribution < -0.4 is 0 Å². The van der Waals surface area contributed by atoms with Crippen molar-refractivity contribution in [3.05, 3.63) is 83.4 Å². The van der Waals surface area contributed by atoms with Crippen molar-refractivity contribution in [1.82, 2.24) is 14.8 Å². The Balaban J connectivity index is 2.09.